The molecular formula is C10H11N5O. The Kier molecular flexibility index (Phi) is 1.99. The molecule has 1 aliphatic heterocycles. The van der Waals surface area contributed by atoms with Gasteiger partial charge in [0.2, 0.25) is 5.95 Å². The van der Waals surface area contributed by atoms with E-state index in [2.05, 4.69) is 25.1 Å². The molecular weight excluding hydrogens is 206 g/mol. The van der Waals surface area contributed by atoms with Gasteiger partial charge in [-0.1, -0.05) is 0 Å². The van der Waals surface area contributed by atoms with Crippen LogP contribution in [0.1, 0.15) is 11.3 Å². The number of aromatic nitrogens is 4. The van der Waals surface area contributed by atoms with Crippen LogP contribution in [0.25, 0.3) is 0 Å². The van der Waals surface area contributed by atoms with Crippen molar-refractivity contribution >= 4 is 5.95 Å². The summed E-state index contributed by atoms with van der Waals surface area (Å²) in [5, 5.41) is 16.1. The molecule has 0 bridgehead atoms. The lowest BCUT2D eigenvalue weighted by molar-refractivity contribution is 0.469. The summed E-state index contributed by atoms with van der Waals surface area (Å²) in [7, 11) is 0. The molecule has 2 N–H and O–H groups in total. The van der Waals surface area contributed by atoms with E-state index in [0.717, 1.165) is 19.5 Å². The monoisotopic (exact) mass is 217 g/mol. The molecule has 0 amide bonds. The van der Waals surface area contributed by atoms with Gasteiger partial charge in [-0.2, -0.15) is 5.10 Å². The Bertz CT molecular complexity index is 492. The van der Waals surface area contributed by atoms with Crippen molar-refractivity contribution in [2.75, 3.05) is 11.4 Å². The Labute approximate surface area is 92.0 Å². The molecule has 82 valence electrons. The minimum atomic E-state index is 0.0877. The second-order valence-corrected chi connectivity index (χ2v) is 3.79. The molecule has 2 aromatic heterocycles. The van der Waals surface area contributed by atoms with E-state index in [4.69, 9.17) is 5.11 Å². The average molecular weight is 217 g/mol. The lowest BCUT2D eigenvalue weighted by atomic mass is 10.1. The number of rotatable bonds is 1. The molecule has 0 aromatic carbocycles. The van der Waals surface area contributed by atoms with Gasteiger partial charge in [0, 0.05) is 30.8 Å². The van der Waals surface area contributed by atoms with Crippen molar-refractivity contribution in [3.8, 4) is 5.75 Å². The summed E-state index contributed by atoms with van der Waals surface area (Å²) < 4.78 is 0. The van der Waals surface area contributed by atoms with Crippen molar-refractivity contribution in [3.63, 3.8) is 0 Å². The summed E-state index contributed by atoms with van der Waals surface area (Å²) in [6.07, 6.45) is 5.57. The maximum atomic E-state index is 9.12. The van der Waals surface area contributed by atoms with Crippen molar-refractivity contribution in [2.24, 2.45) is 0 Å². The minimum absolute atomic E-state index is 0.0877. The van der Waals surface area contributed by atoms with Crippen LogP contribution in [-0.2, 0) is 13.0 Å². The average Bonchev–Trinajstić information content (AvgIpc) is 2.77. The zero-order valence-electron chi connectivity index (χ0n) is 8.59. The Morgan fingerprint density at radius 3 is 2.88 bits per heavy atom. The molecule has 0 saturated heterocycles. The molecule has 1 aliphatic rings. The number of aromatic hydroxyl groups is 1. The first-order valence-corrected chi connectivity index (χ1v) is 5.10. The fraction of sp³-hybridized carbons (Fsp3) is 0.300. The standard InChI is InChI=1S/C10H11N5O/c16-8-4-11-10(12-5-8)15-2-1-9-7(6-15)3-13-14-9/h3-5,16H,1-2,6H2,(H,13,14). The molecule has 0 unspecified atom stereocenters. The topological polar surface area (TPSA) is 77.9 Å². The highest BCUT2D eigenvalue weighted by Crippen LogP contribution is 2.20. The summed E-state index contributed by atoms with van der Waals surface area (Å²) >= 11 is 0. The molecule has 0 radical (unpaired) electrons. The molecule has 3 heterocycles. The SMILES string of the molecule is Oc1cnc(N2CCc3[nH]ncc3C2)nc1. The number of hydrogen-bond acceptors (Lipinski definition) is 5. The summed E-state index contributed by atoms with van der Waals surface area (Å²) in [6, 6.07) is 0. The predicted molar refractivity (Wildman–Crippen MR) is 57.0 cm³/mol. The largest absolute Gasteiger partial charge is 0.505 e. The number of H-pyrrole nitrogens is 1. The fourth-order valence-electron chi connectivity index (χ4n) is 1.87. The van der Waals surface area contributed by atoms with Crippen LogP contribution in [-0.4, -0.2) is 31.8 Å². The van der Waals surface area contributed by atoms with Crippen LogP contribution in [0.2, 0.25) is 0 Å². The highest BCUT2D eigenvalue weighted by Gasteiger charge is 2.19. The number of anilines is 1. The van der Waals surface area contributed by atoms with Crippen molar-refractivity contribution in [3.05, 3.63) is 29.8 Å². The lowest BCUT2D eigenvalue weighted by Crippen LogP contribution is -2.31. The van der Waals surface area contributed by atoms with E-state index in [-0.39, 0.29) is 5.75 Å². The van der Waals surface area contributed by atoms with Crippen LogP contribution in [0.3, 0.4) is 0 Å². The molecule has 6 heteroatoms. The number of hydrogen-bond donors (Lipinski definition) is 2. The number of nitrogens with zero attached hydrogens (tertiary/aromatic N) is 4. The molecule has 0 spiro atoms. The van der Waals surface area contributed by atoms with Gasteiger partial charge in [0.1, 0.15) is 0 Å². The first-order valence-electron chi connectivity index (χ1n) is 5.10. The molecule has 3 rings (SSSR count). The molecule has 6 nitrogen and oxygen atoms in total. The third-order valence-electron chi connectivity index (χ3n) is 2.71. The Balaban J connectivity index is 1.86. The summed E-state index contributed by atoms with van der Waals surface area (Å²) in [5.74, 6) is 0.731. The van der Waals surface area contributed by atoms with Gasteiger partial charge in [0.25, 0.3) is 0 Å². The quantitative estimate of drug-likeness (QED) is 0.726. The zero-order valence-corrected chi connectivity index (χ0v) is 8.59. The molecule has 0 aliphatic carbocycles. The van der Waals surface area contributed by atoms with Crippen molar-refractivity contribution in [2.45, 2.75) is 13.0 Å². The van der Waals surface area contributed by atoms with Gasteiger partial charge in [-0.25, -0.2) is 9.97 Å². The van der Waals surface area contributed by atoms with E-state index >= 15 is 0 Å². The maximum Gasteiger partial charge on any atom is 0.225 e. The normalized spacial score (nSPS) is 14.9. The van der Waals surface area contributed by atoms with Crippen LogP contribution >= 0.6 is 0 Å². The molecule has 2 aromatic rings. The highest BCUT2D eigenvalue weighted by molar-refractivity contribution is 5.36. The predicted octanol–water partition coefficient (Wildman–Crippen LogP) is 0.468. The van der Waals surface area contributed by atoms with Gasteiger partial charge >= 0.3 is 0 Å². The highest BCUT2D eigenvalue weighted by atomic mass is 16.3. The zero-order chi connectivity index (χ0) is 11.0. The third kappa shape index (κ3) is 1.48. The first-order chi connectivity index (χ1) is 7.83. The van der Waals surface area contributed by atoms with Gasteiger partial charge < -0.3 is 10.0 Å². The smallest absolute Gasteiger partial charge is 0.225 e. The second-order valence-electron chi connectivity index (χ2n) is 3.79. The van der Waals surface area contributed by atoms with Crippen LogP contribution in [0.4, 0.5) is 5.95 Å². The number of fused-ring (bicyclic) bond motifs is 1. The van der Waals surface area contributed by atoms with E-state index in [1.54, 1.807) is 0 Å². The minimum Gasteiger partial charge on any atom is -0.505 e. The van der Waals surface area contributed by atoms with Gasteiger partial charge in [-0.3, -0.25) is 5.10 Å². The number of nitrogens with one attached hydrogen (secondary N) is 1. The van der Waals surface area contributed by atoms with Gasteiger partial charge in [-0.05, 0) is 0 Å². The second kappa shape index (κ2) is 3.48. The molecule has 0 saturated carbocycles. The van der Waals surface area contributed by atoms with E-state index in [1.807, 2.05) is 6.20 Å². The fourth-order valence-corrected chi connectivity index (χ4v) is 1.87. The van der Waals surface area contributed by atoms with Gasteiger partial charge in [0.05, 0.1) is 18.6 Å². The Hall–Kier alpha value is -2.11. The van der Waals surface area contributed by atoms with Crippen LogP contribution in [0.5, 0.6) is 5.75 Å². The molecule has 0 fully saturated rings. The summed E-state index contributed by atoms with van der Waals surface area (Å²) in [6.45, 7) is 1.62. The van der Waals surface area contributed by atoms with Crippen molar-refractivity contribution < 1.29 is 5.11 Å². The summed E-state index contributed by atoms with van der Waals surface area (Å²) in [5.41, 5.74) is 2.37. The maximum absolute atomic E-state index is 9.12. The van der Waals surface area contributed by atoms with E-state index in [0.29, 0.717) is 5.95 Å². The van der Waals surface area contributed by atoms with Crippen molar-refractivity contribution in [1.82, 2.24) is 20.2 Å². The Morgan fingerprint density at radius 1 is 1.25 bits per heavy atom. The number of aromatic amines is 1. The van der Waals surface area contributed by atoms with Crippen LogP contribution < -0.4 is 4.90 Å². The third-order valence-corrected chi connectivity index (χ3v) is 2.71. The lowest BCUT2D eigenvalue weighted by Gasteiger charge is -2.26. The van der Waals surface area contributed by atoms with E-state index < -0.39 is 0 Å². The van der Waals surface area contributed by atoms with Crippen LogP contribution in [0, 0.1) is 0 Å². The summed E-state index contributed by atoms with van der Waals surface area (Å²) in [4.78, 5) is 10.3. The van der Waals surface area contributed by atoms with E-state index in [9.17, 15) is 0 Å². The van der Waals surface area contributed by atoms with Crippen molar-refractivity contribution in [1.29, 1.82) is 0 Å². The van der Waals surface area contributed by atoms with E-state index in [1.165, 1.54) is 23.7 Å². The molecule has 16 heavy (non-hydrogen) atoms. The van der Waals surface area contributed by atoms with Crippen LogP contribution in [0.15, 0.2) is 18.6 Å². The first kappa shape index (κ1) is 9.14. The molecule has 0 atom stereocenters. The Morgan fingerprint density at radius 2 is 2.06 bits per heavy atom. The van der Waals surface area contributed by atoms with Gasteiger partial charge in [0.15, 0.2) is 5.75 Å². The van der Waals surface area contributed by atoms with Gasteiger partial charge in [-0.15, -0.1) is 0 Å².